The summed E-state index contributed by atoms with van der Waals surface area (Å²) in [7, 11) is 5.99. The summed E-state index contributed by atoms with van der Waals surface area (Å²) < 4.78 is 5.23. The topological polar surface area (TPSA) is 41.7 Å². The number of hydrogen-bond acceptors (Lipinski definition) is 4. The molecule has 0 amide bonds. The van der Waals surface area contributed by atoms with E-state index in [4.69, 9.17) is 10.5 Å². The number of ether oxygens (including phenoxy) is 1. The quantitative estimate of drug-likeness (QED) is 0.620. The van der Waals surface area contributed by atoms with Gasteiger partial charge in [-0.15, -0.1) is 0 Å². The van der Waals surface area contributed by atoms with Gasteiger partial charge in [-0.05, 0) is 46.1 Å². The van der Waals surface area contributed by atoms with Crippen molar-refractivity contribution in [2.45, 2.75) is 26.3 Å². The minimum absolute atomic E-state index is 0.433. The molecule has 0 heterocycles. The molecular formula is C13H31N3O. The van der Waals surface area contributed by atoms with Gasteiger partial charge in [-0.25, -0.2) is 0 Å². The average molecular weight is 245 g/mol. The summed E-state index contributed by atoms with van der Waals surface area (Å²) in [6.07, 6.45) is 1.19. The second kappa shape index (κ2) is 9.83. The maximum Gasteiger partial charge on any atom is 0.0503 e. The second-order valence-corrected chi connectivity index (χ2v) is 5.02. The molecule has 0 aliphatic carbocycles. The molecular weight excluding hydrogens is 214 g/mol. The average Bonchev–Trinajstić information content (AvgIpc) is 2.27. The molecule has 0 fully saturated rings. The molecule has 104 valence electrons. The summed E-state index contributed by atoms with van der Waals surface area (Å²) in [6, 6.07) is 0.433. The van der Waals surface area contributed by atoms with E-state index in [2.05, 4.69) is 37.7 Å². The lowest BCUT2D eigenvalue weighted by Gasteiger charge is -2.34. The second-order valence-electron chi connectivity index (χ2n) is 5.02. The molecule has 2 atom stereocenters. The van der Waals surface area contributed by atoms with Crippen molar-refractivity contribution in [3.8, 4) is 0 Å². The molecule has 0 bridgehead atoms. The third kappa shape index (κ3) is 6.99. The summed E-state index contributed by atoms with van der Waals surface area (Å²) in [5, 5.41) is 0. The van der Waals surface area contributed by atoms with Crippen molar-refractivity contribution in [3.63, 3.8) is 0 Å². The fourth-order valence-corrected chi connectivity index (χ4v) is 2.26. The maximum absolute atomic E-state index is 5.90. The highest BCUT2D eigenvalue weighted by Gasteiger charge is 2.21. The molecule has 0 aromatic rings. The summed E-state index contributed by atoms with van der Waals surface area (Å²) >= 11 is 0. The van der Waals surface area contributed by atoms with Crippen LogP contribution in [-0.4, -0.2) is 69.8 Å². The SMILES string of the molecule is CCN(CCCN(C)C)C(CN)C(C)COC. The molecule has 0 aromatic carbocycles. The first-order chi connectivity index (χ1) is 8.06. The van der Waals surface area contributed by atoms with Crippen LogP contribution in [-0.2, 0) is 4.74 Å². The van der Waals surface area contributed by atoms with Crippen LogP contribution in [0.3, 0.4) is 0 Å². The van der Waals surface area contributed by atoms with Gasteiger partial charge in [0.05, 0.1) is 6.61 Å². The molecule has 0 aromatic heterocycles. The van der Waals surface area contributed by atoms with Crippen LogP contribution in [0.1, 0.15) is 20.3 Å². The molecule has 0 rings (SSSR count). The molecule has 0 aliphatic rings. The zero-order valence-electron chi connectivity index (χ0n) is 12.3. The molecule has 0 spiro atoms. The fraction of sp³-hybridized carbons (Fsp3) is 1.00. The summed E-state index contributed by atoms with van der Waals surface area (Å²) in [5.41, 5.74) is 5.90. The van der Waals surface area contributed by atoms with Gasteiger partial charge in [0.25, 0.3) is 0 Å². The number of methoxy groups -OCH3 is 1. The Morgan fingerprint density at radius 3 is 2.29 bits per heavy atom. The number of rotatable bonds is 10. The Kier molecular flexibility index (Phi) is 9.74. The van der Waals surface area contributed by atoms with Crippen molar-refractivity contribution < 1.29 is 4.74 Å². The van der Waals surface area contributed by atoms with E-state index >= 15 is 0 Å². The van der Waals surface area contributed by atoms with E-state index in [0.717, 1.165) is 26.2 Å². The molecule has 0 saturated carbocycles. The normalized spacial score (nSPS) is 15.5. The van der Waals surface area contributed by atoms with Gasteiger partial charge >= 0.3 is 0 Å². The highest BCUT2D eigenvalue weighted by atomic mass is 16.5. The Hall–Kier alpha value is -0.160. The third-order valence-corrected chi connectivity index (χ3v) is 3.25. The van der Waals surface area contributed by atoms with E-state index in [1.54, 1.807) is 7.11 Å². The molecule has 0 aliphatic heterocycles. The largest absolute Gasteiger partial charge is 0.384 e. The van der Waals surface area contributed by atoms with Crippen molar-refractivity contribution in [1.82, 2.24) is 9.80 Å². The zero-order chi connectivity index (χ0) is 13.3. The maximum atomic E-state index is 5.90. The molecule has 2 N–H and O–H groups in total. The molecule has 2 unspecified atom stereocenters. The van der Waals surface area contributed by atoms with Crippen LogP contribution in [0.15, 0.2) is 0 Å². The monoisotopic (exact) mass is 245 g/mol. The van der Waals surface area contributed by atoms with Crippen LogP contribution in [0.5, 0.6) is 0 Å². The Morgan fingerprint density at radius 2 is 1.88 bits per heavy atom. The first-order valence-electron chi connectivity index (χ1n) is 6.64. The molecule has 0 saturated heterocycles. The lowest BCUT2D eigenvalue weighted by atomic mass is 10.0. The Bertz CT molecular complexity index is 176. The van der Waals surface area contributed by atoms with Crippen LogP contribution >= 0.6 is 0 Å². The van der Waals surface area contributed by atoms with Gasteiger partial charge in [-0.2, -0.15) is 0 Å². The standard InChI is InChI=1S/C13H31N3O/c1-6-16(9-7-8-15(3)4)13(10-14)12(2)11-17-5/h12-13H,6-11,14H2,1-5H3. The number of hydrogen-bond donors (Lipinski definition) is 1. The minimum Gasteiger partial charge on any atom is -0.384 e. The lowest BCUT2D eigenvalue weighted by Crippen LogP contribution is -2.46. The van der Waals surface area contributed by atoms with E-state index in [-0.39, 0.29) is 0 Å². The molecule has 0 radical (unpaired) electrons. The third-order valence-electron chi connectivity index (χ3n) is 3.25. The zero-order valence-corrected chi connectivity index (χ0v) is 12.3. The van der Waals surface area contributed by atoms with E-state index < -0.39 is 0 Å². The first kappa shape index (κ1) is 16.8. The fourth-order valence-electron chi connectivity index (χ4n) is 2.26. The van der Waals surface area contributed by atoms with Gasteiger partial charge in [0.2, 0.25) is 0 Å². The van der Waals surface area contributed by atoms with E-state index in [1.807, 2.05) is 0 Å². The lowest BCUT2D eigenvalue weighted by molar-refractivity contribution is 0.0859. The van der Waals surface area contributed by atoms with Crippen LogP contribution in [0, 0.1) is 5.92 Å². The predicted octanol–water partition coefficient (Wildman–Crippen LogP) is 0.870. The Balaban J connectivity index is 4.17. The smallest absolute Gasteiger partial charge is 0.0503 e. The highest BCUT2D eigenvalue weighted by molar-refractivity contribution is 4.77. The van der Waals surface area contributed by atoms with Gasteiger partial charge in [-0.3, -0.25) is 4.90 Å². The van der Waals surface area contributed by atoms with Crippen molar-refractivity contribution >= 4 is 0 Å². The van der Waals surface area contributed by atoms with Crippen LogP contribution in [0.2, 0.25) is 0 Å². The van der Waals surface area contributed by atoms with E-state index in [9.17, 15) is 0 Å². The van der Waals surface area contributed by atoms with Crippen molar-refractivity contribution in [3.05, 3.63) is 0 Å². The summed E-state index contributed by atoms with van der Waals surface area (Å²) in [4.78, 5) is 4.71. The summed E-state index contributed by atoms with van der Waals surface area (Å²) in [6.45, 7) is 9.22. The number of likely N-dealkylation sites (N-methyl/N-ethyl adjacent to an activating group) is 1. The van der Waals surface area contributed by atoms with Crippen LogP contribution < -0.4 is 5.73 Å². The van der Waals surface area contributed by atoms with Gasteiger partial charge in [-0.1, -0.05) is 13.8 Å². The van der Waals surface area contributed by atoms with Crippen molar-refractivity contribution in [2.75, 3.05) is 54.0 Å². The van der Waals surface area contributed by atoms with Crippen molar-refractivity contribution in [1.29, 1.82) is 0 Å². The number of nitrogens with two attached hydrogens (primary N) is 1. The van der Waals surface area contributed by atoms with E-state index in [0.29, 0.717) is 18.5 Å². The molecule has 4 heteroatoms. The molecule has 4 nitrogen and oxygen atoms in total. The minimum atomic E-state index is 0.433. The van der Waals surface area contributed by atoms with Crippen LogP contribution in [0.4, 0.5) is 0 Å². The summed E-state index contributed by atoms with van der Waals surface area (Å²) in [5.74, 6) is 0.490. The van der Waals surface area contributed by atoms with E-state index in [1.165, 1.54) is 6.42 Å². The first-order valence-corrected chi connectivity index (χ1v) is 6.64. The van der Waals surface area contributed by atoms with Gasteiger partial charge in [0.1, 0.15) is 0 Å². The number of nitrogens with zero attached hydrogens (tertiary/aromatic N) is 2. The molecule has 17 heavy (non-hydrogen) atoms. The van der Waals surface area contributed by atoms with Gasteiger partial charge in [0.15, 0.2) is 0 Å². The highest BCUT2D eigenvalue weighted by Crippen LogP contribution is 2.11. The van der Waals surface area contributed by atoms with Gasteiger partial charge < -0.3 is 15.4 Å². The van der Waals surface area contributed by atoms with Crippen molar-refractivity contribution in [2.24, 2.45) is 11.7 Å². The van der Waals surface area contributed by atoms with Crippen LogP contribution in [0.25, 0.3) is 0 Å². The Morgan fingerprint density at radius 1 is 1.24 bits per heavy atom. The predicted molar refractivity (Wildman–Crippen MR) is 74.3 cm³/mol. The Labute approximate surface area is 107 Å². The van der Waals surface area contributed by atoms with Gasteiger partial charge in [0, 0.05) is 19.7 Å².